The molecular formula is C20H13NO4S2. The van der Waals surface area contributed by atoms with Crippen molar-refractivity contribution >= 4 is 33.2 Å². The number of nitriles is 1. The molecule has 0 saturated carbocycles. The normalized spacial score (nSPS) is 11.6. The van der Waals surface area contributed by atoms with Gasteiger partial charge in [0.25, 0.3) is 0 Å². The van der Waals surface area contributed by atoms with E-state index in [0.29, 0.717) is 16.2 Å². The molecule has 0 atom stereocenters. The standard InChI is InChI=1S/C20H13NO4S2/c21-14-18(27(23,24)17-5-2-1-3-6-17)13-15-8-10-16(11-9-15)25-20(22)19-7-4-12-26-19/h1-13H/b18-13+. The first-order valence-electron chi connectivity index (χ1n) is 7.78. The van der Waals surface area contributed by atoms with Crippen LogP contribution in [0.3, 0.4) is 0 Å². The molecule has 0 aliphatic carbocycles. The maximum atomic E-state index is 12.6. The van der Waals surface area contributed by atoms with Gasteiger partial charge in [-0.3, -0.25) is 0 Å². The first kappa shape index (κ1) is 18.6. The second-order valence-electron chi connectivity index (χ2n) is 5.37. The van der Waals surface area contributed by atoms with Gasteiger partial charge in [-0.15, -0.1) is 11.3 Å². The molecule has 0 aliphatic heterocycles. The number of rotatable bonds is 5. The summed E-state index contributed by atoms with van der Waals surface area (Å²) < 4.78 is 30.4. The second kappa shape index (κ2) is 7.99. The molecule has 0 N–H and O–H groups in total. The van der Waals surface area contributed by atoms with Crippen LogP contribution in [0.25, 0.3) is 6.08 Å². The summed E-state index contributed by atoms with van der Waals surface area (Å²) in [5.41, 5.74) is 0.502. The largest absolute Gasteiger partial charge is 0.422 e. The van der Waals surface area contributed by atoms with E-state index in [1.54, 1.807) is 66.0 Å². The fourth-order valence-corrected chi connectivity index (χ4v) is 4.01. The Balaban J connectivity index is 1.82. The summed E-state index contributed by atoms with van der Waals surface area (Å²) in [6.45, 7) is 0. The highest BCUT2D eigenvalue weighted by molar-refractivity contribution is 7.95. The van der Waals surface area contributed by atoms with E-state index >= 15 is 0 Å². The van der Waals surface area contributed by atoms with Crippen molar-refractivity contribution in [3.8, 4) is 11.8 Å². The summed E-state index contributed by atoms with van der Waals surface area (Å²) in [5.74, 6) is -0.132. The molecule has 0 bridgehead atoms. The number of carbonyl (C=O) groups is 1. The minimum absolute atomic E-state index is 0.0549. The van der Waals surface area contributed by atoms with Crippen LogP contribution in [0.4, 0.5) is 0 Å². The molecule has 0 radical (unpaired) electrons. The van der Waals surface area contributed by atoms with E-state index in [0.717, 1.165) is 0 Å². The summed E-state index contributed by atoms with van der Waals surface area (Å²) in [5, 5.41) is 11.1. The zero-order valence-corrected chi connectivity index (χ0v) is 15.5. The third kappa shape index (κ3) is 4.31. The molecule has 1 aromatic heterocycles. The lowest BCUT2D eigenvalue weighted by atomic mass is 10.2. The zero-order valence-electron chi connectivity index (χ0n) is 13.9. The lowest BCUT2D eigenvalue weighted by molar-refractivity contribution is 0.0740. The third-order valence-corrected chi connectivity index (χ3v) is 6.09. The Morgan fingerprint density at radius 1 is 1.00 bits per heavy atom. The van der Waals surface area contributed by atoms with Gasteiger partial charge < -0.3 is 4.74 Å². The van der Waals surface area contributed by atoms with Crippen molar-refractivity contribution in [2.75, 3.05) is 0 Å². The van der Waals surface area contributed by atoms with E-state index in [1.807, 2.05) is 0 Å². The number of esters is 1. The number of hydrogen-bond acceptors (Lipinski definition) is 6. The molecular weight excluding hydrogens is 382 g/mol. The van der Waals surface area contributed by atoms with Gasteiger partial charge >= 0.3 is 5.97 Å². The van der Waals surface area contributed by atoms with Crippen LogP contribution in [-0.4, -0.2) is 14.4 Å². The molecule has 1 heterocycles. The Labute approximate surface area is 160 Å². The van der Waals surface area contributed by atoms with Gasteiger partial charge in [0.15, 0.2) is 0 Å². The van der Waals surface area contributed by atoms with Gasteiger partial charge in [-0.1, -0.05) is 36.4 Å². The molecule has 134 valence electrons. The summed E-state index contributed by atoms with van der Waals surface area (Å²) in [6.07, 6.45) is 1.28. The Morgan fingerprint density at radius 2 is 1.70 bits per heavy atom. The Kier molecular flexibility index (Phi) is 5.50. The topological polar surface area (TPSA) is 84.2 Å². The van der Waals surface area contributed by atoms with E-state index in [2.05, 4.69) is 0 Å². The number of thiophene rings is 1. The third-order valence-electron chi connectivity index (χ3n) is 3.56. The number of ether oxygens (including phenoxy) is 1. The molecule has 0 unspecified atom stereocenters. The quantitative estimate of drug-likeness (QED) is 0.365. The molecule has 27 heavy (non-hydrogen) atoms. The Morgan fingerprint density at radius 3 is 2.30 bits per heavy atom. The van der Waals surface area contributed by atoms with Gasteiger partial charge in [0.05, 0.1) is 4.90 Å². The van der Waals surface area contributed by atoms with Gasteiger partial charge in [0.2, 0.25) is 9.84 Å². The summed E-state index contributed by atoms with van der Waals surface area (Å²) in [4.78, 5) is 12.1. The molecule has 3 rings (SSSR count). The van der Waals surface area contributed by atoms with Gasteiger partial charge in [0, 0.05) is 0 Å². The molecule has 0 saturated heterocycles. The summed E-state index contributed by atoms with van der Waals surface area (Å²) >= 11 is 1.28. The lowest BCUT2D eigenvalue weighted by Gasteiger charge is -2.04. The van der Waals surface area contributed by atoms with Crippen LogP contribution in [0.2, 0.25) is 0 Å². The van der Waals surface area contributed by atoms with Crippen LogP contribution in [-0.2, 0) is 9.84 Å². The molecule has 0 spiro atoms. The molecule has 7 heteroatoms. The number of benzene rings is 2. The highest BCUT2D eigenvalue weighted by atomic mass is 32.2. The van der Waals surface area contributed by atoms with Crippen molar-refractivity contribution in [3.63, 3.8) is 0 Å². The van der Waals surface area contributed by atoms with Crippen molar-refractivity contribution in [1.82, 2.24) is 0 Å². The smallest absolute Gasteiger partial charge is 0.353 e. The summed E-state index contributed by atoms with van der Waals surface area (Å²) in [7, 11) is -3.89. The number of allylic oxidation sites excluding steroid dienone is 1. The predicted octanol–water partition coefficient (Wildman–Crippen LogP) is 4.31. The first-order chi connectivity index (χ1) is 13.0. The van der Waals surface area contributed by atoms with Gasteiger partial charge in [0.1, 0.15) is 21.6 Å². The maximum Gasteiger partial charge on any atom is 0.353 e. The lowest BCUT2D eigenvalue weighted by Crippen LogP contribution is -2.06. The van der Waals surface area contributed by atoms with Crippen molar-refractivity contribution < 1.29 is 17.9 Å². The van der Waals surface area contributed by atoms with Crippen LogP contribution in [0.1, 0.15) is 15.2 Å². The van der Waals surface area contributed by atoms with Crippen molar-refractivity contribution in [2.45, 2.75) is 4.90 Å². The highest BCUT2D eigenvalue weighted by Gasteiger charge is 2.20. The fraction of sp³-hybridized carbons (Fsp3) is 0. The molecule has 2 aromatic carbocycles. The first-order valence-corrected chi connectivity index (χ1v) is 10.1. The monoisotopic (exact) mass is 395 g/mol. The van der Waals surface area contributed by atoms with Crippen molar-refractivity contribution in [2.24, 2.45) is 0 Å². The Bertz CT molecular complexity index is 1110. The summed E-state index contributed by atoms with van der Waals surface area (Å²) in [6, 6.07) is 19.2. The van der Waals surface area contributed by atoms with Gasteiger partial charge in [-0.25, -0.2) is 13.2 Å². The van der Waals surface area contributed by atoms with Crippen LogP contribution in [0.5, 0.6) is 5.75 Å². The SMILES string of the molecule is N#C/C(=C\c1ccc(OC(=O)c2cccs2)cc1)S(=O)(=O)c1ccccc1. The second-order valence-corrected chi connectivity index (χ2v) is 8.24. The van der Waals surface area contributed by atoms with Crippen molar-refractivity contribution in [3.05, 3.63) is 87.5 Å². The molecule has 3 aromatic rings. The Hall–Kier alpha value is -3.21. The highest BCUT2D eigenvalue weighted by Crippen LogP contribution is 2.22. The van der Waals surface area contributed by atoms with E-state index in [1.165, 1.54) is 29.5 Å². The van der Waals surface area contributed by atoms with E-state index in [-0.39, 0.29) is 9.80 Å². The minimum Gasteiger partial charge on any atom is -0.422 e. The number of sulfone groups is 1. The van der Waals surface area contributed by atoms with Crippen LogP contribution in [0, 0.1) is 11.3 Å². The minimum atomic E-state index is -3.89. The molecule has 0 amide bonds. The van der Waals surface area contributed by atoms with E-state index < -0.39 is 15.8 Å². The van der Waals surface area contributed by atoms with Crippen LogP contribution < -0.4 is 4.74 Å². The predicted molar refractivity (Wildman–Crippen MR) is 103 cm³/mol. The average molecular weight is 395 g/mol. The van der Waals surface area contributed by atoms with Crippen LogP contribution >= 0.6 is 11.3 Å². The van der Waals surface area contributed by atoms with E-state index in [9.17, 15) is 18.5 Å². The number of carbonyl (C=O) groups excluding carboxylic acids is 1. The maximum absolute atomic E-state index is 12.6. The molecule has 0 aliphatic rings. The van der Waals surface area contributed by atoms with Crippen LogP contribution in [0.15, 0.2) is 81.9 Å². The van der Waals surface area contributed by atoms with Crippen molar-refractivity contribution in [1.29, 1.82) is 5.26 Å². The average Bonchev–Trinajstić information content (AvgIpc) is 3.23. The number of nitrogens with zero attached hydrogens (tertiary/aromatic N) is 1. The number of hydrogen-bond donors (Lipinski definition) is 0. The molecule has 0 fully saturated rings. The molecule has 5 nitrogen and oxygen atoms in total. The van der Waals surface area contributed by atoms with Gasteiger partial charge in [-0.2, -0.15) is 5.26 Å². The fourth-order valence-electron chi connectivity index (χ4n) is 2.23. The van der Waals surface area contributed by atoms with Gasteiger partial charge in [-0.05, 0) is 47.4 Å². The zero-order chi connectivity index (χ0) is 19.3. The van der Waals surface area contributed by atoms with E-state index in [4.69, 9.17) is 4.74 Å².